The summed E-state index contributed by atoms with van der Waals surface area (Å²) in [4.78, 5) is 42.1. The number of urea groups is 2. The summed E-state index contributed by atoms with van der Waals surface area (Å²) >= 11 is 0. The molecule has 0 radical (unpaired) electrons. The molecule has 1 aliphatic rings. The normalized spacial score (nSPS) is 17.5. The molecule has 0 spiro atoms. The van der Waals surface area contributed by atoms with Gasteiger partial charge in [0.25, 0.3) is 0 Å². The number of likely N-dealkylation sites (N-methyl/N-ethyl adjacent to an activating group) is 1. The fourth-order valence-electron chi connectivity index (χ4n) is 4.98. The molecule has 0 fully saturated rings. The first-order valence-electron chi connectivity index (χ1n) is 14.6. The van der Waals surface area contributed by atoms with E-state index in [9.17, 15) is 32.7 Å². The van der Waals surface area contributed by atoms with Crippen molar-refractivity contribution < 1.29 is 41.9 Å². The second kappa shape index (κ2) is 14.1. The van der Waals surface area contributed by atoms with Gasteiger partial charge in [0.15, 0.2) is 5.76 Å². The van der Waals surface area contributed by atoms with Gasteiger partial charge in [0.2, 0.25) is 5.91 Å². The minimum Gasteiger partial charge on any atom is -0.488 e. The maximum absolute atomic E-state index is 13.5. The van der Waals surface area contributed by atoms with Gasteiger partial charge in [-0.2, -0.15) is 13.2 Å². The molecule has 0 aliphatic carbocycles. The highest BCUT2D eigenvalue weighted by Gasteiger charge is 2.33. The van der Waals surface area contributed by atoms with Crippen LogP contribution in [0.5, 0.6) is 5.75 Å². The number of amides is 5. The van der Waals surface area contributed by atoms with Crippen molar-refractivity contribution in [2.45, 2.75) is 52.4 Å². The Bertz CT molecular complexity index is 1540. The molecule has 1 aromatic heterocycles. The maximum Gasteiger partial charge on any atom is 0.416 e. The topological polar surface area (TPSA) is 149 Å². The van der Waals surface area contributed by atoms with Crippen molar-refractivity contribution in [3.8, 4) is 5.75 Å². The van der Waals surface area contributed by atoms with Crippen molar-refractivity contribution in [2.75, 3.05) is 42.7 Å². The van der Waals surface area contributed by atoms with Gasteiger partial charge in [-0.25, -0.2) is 9.59 Å². The maximum atomic E-state index is 13.5. The molecule has 4 N–H and O–H groups in total. The third kappa shape index (κ3) is 8.27. The monoisotopic (exact) mass is 646 g/mol. The van der Waals surface area contributed by atoms with Crippen LogP contribution in [0, 0.1) is 19.8 Å². The Balaban J connectivity index is 1.54. The van der Waals surface area contributed by atoms with Crippen LogP contribution < -0.4 is 20.7 Å². The Labute approximate surface area is 263 Å². The highest BCUT2D eigenvalue weighted by Crippen LogP contribution is 2.31. The number of benzene rings is 2. The summed E-state index contributed by atoms with van der Waals surface area (Å²) in [6.45, 7) is 6.95. The molecule has 12 nitrogen and oxygen atoms in total. The number of fused-ring (bicyclic) bond motifs is 1. The lowest BCUT2D eigenvalue weighted by molar-refractivity contribution is -0.137. The van der Waals surface area contributed by atoms with Gasteiger partial charge in [-0.3, -0.25) is 4.79 Å². The van der Waals surface area contributed by atoms with Crippen molar-refractivity contribution in [2.24, 2.45) is 5.92 Å². The predicted octanol–water partition coefficient (Wildman–Crippen LogP) is 5.27. The Morgan fingerprint density at radius 1 is 1.11 bits per heavy atom. The molecule has 2 aromatic carbocycles. The smallest absolute Gasteiger partial charge is 0.416 e. The summed E-state index contributed by atoms with van der Waals surface area (Å²) in [5, 5.41) is 21.7. The van der Waals surface area contributed by atoms with Gasteiger partial charge >= 0.3 is 18.2 Å². The van der Waals surface area contributed by atoms with E-state index in [-0.39, 0.29) is 43.6 Å². The number of aryl methyl sites for hydroxylation is 2. The fourth-order valence-corrected chi connectivity index (χ4v) is 4.98. The standard InChI is InChI=1S/C31H37F3N6O6/c1-17-14-40(18(2)16-41)27(42)13-21-12-24(35-29(43)37-28-19(3)38-46-20(28)4)10-11-25(21)45-26(17)15-39(5)30(44)36-23-8-6-22(7-9-23)31(32,33)34/h6-12,17-18,26,41H,13-16H2,1-5H3,(H,36,44)(H2,35,37,43)/t17-,18+,26-/m0/s1. The van der Waals surface area contributed by atoms with E-state index in [1.54, 1.807) is 43.9 Å². The van der Waals surface area contributed by atoms with E-state index < -0.39 is 35.9 Å². The number of aliphatic hydroxyl groups is 1. The lowest BCUT2D eigenvalue weighted by Gasteiger charge is -2.34. The number of carbonyl (C=O) groups is 3. The van der Waals surface area contributed by atoms with Crippen molar-refractivity contribution in [1.29, 1.82) is 0 Å². The summed E-state index contributed by atoms with van der Waals surface area (Å²) in [5.74, 6) is 0.239. The van der Waals surface area contributed by atoms with Crippen LogP contribution in [0.3, 0.4) is 0 Å². The number of carbonyl (C=O) groups excluding carboxylic acids is 3. The number of nitrogens with one attached hydrogen (secondary N) is 3. The van der Waals surface area contributed by atoms with Gasteiger partial charge in [-0.05, 0) is 63.2 Å². The van der Waals surface area contributed by atoms with E-state index >= 15 is 0 Å². The second-order valence-electron chi connectivity index (χ2n) is 11.4. The lowest BCUT2D eigenvalue weighted by Crippen LogP contribution is -2.48. The van der Waals surface area contributed by atoms with E-state index in [1.807, 2.05) is 6.92 Å². The largest absolute Gasteiger partial charge is 0.488 e. The molecular formula is C31H37F3N6O6. The number of ether oxygens (including phenoxy) is 1. The molecule has 0 bridgehead atoms. The van der Waals surface area contributed by atoms with Crippen LogP contribution in [0.15, 0.2) is 47.0 Å². The molecule has 15 heteroatoms. The molecule has 0 saturated carbocycles. The average molecular weight is 647 g/mol. The molecule has 0 saturated heterocycles. The van der Waals surface area contributed by atoms with Crippen LogP contribution in [0.1, 0.15) is 36.4 Å². The molecule has 248 valence electrons. The number of nitrogens with zero attached hydrogens (tertiary/aromatic N) is 3. The average Bonchev–Trinajstić information content (AvgIpc) is 3.33. The Kier molecular flexibility index (Phi) is 10.5. The summed E-state index contributed by atoms with van der Waals surface area (Å²) in [6.07, 6.45) is -5.21. The third-order valence-corrected chi connectivity index (χ3v) is 7.71. The van der Waals surface area contributed by atoms with E-state index in [1.165, 1.54) is 24.1 Å². The van der Waals surface area contributed by atoms with Crippen LogP contribution in [-0.4, -0.2) is 76.9 Å². The van der Waals surface area contributed by atoms with Crippen LogP contribution in [0.4, 0.5) is 39.8 Å². The number of anilines is 3. The van der Waals surface area contributed by atoms with Crippen molar-refractivity contribution in [1.82, 2.24) is 15.0 Å². The molecule has 0 unspecified atom stereocenters. The number of hydrogen-bond acceptors (Lipinski definition) is 7. The number of alkyl halides is 3. The minimum atomic E-state index is -4.50. The zero-order chi connectivity index (χ0) is 33.8. The van der Waals surface area contributed by atoms with Crippen molar-refractivity contribution in [3.63, 3.8) is 0 Å². The van der Waals surface area contributed by atoms with Crippen molar-refractivity contribution >= 4 is 35.0 Å². The quantitative estimate of drug-likeness (QED) is 0.273. The van der Waals surface area contributed by atoms with Gasteiger partial charge in [0.05, 0.1) is 31.2 Å². The van der Waals surface area contributed by atoms with Crippen LogP contribution in [0.2, 0.25) is 0 Å². The van der Waals surface area contributed by atoms with E-state index in [0.717, 1.165) is 12.1 Å². The Morgan fingerprint density at radius 2 is 1.78 bits per heavy atom. The van der Waals surface area contributed by atoms with Gasteiger partial charge in [-0.1, -0.05) is 12.1 Å². The highest BCUT2D eigenvalue weighted by molar-refractivity contribution is 6.00. The van der Waals surface area contributed by atoms with E-state index in [0.29, 0.717) is 34.1 Å². The molecule has 2 heterocycles. The van der Waals surface area contributed by atoms with E-state index in [4.69, 9.17) is 9.26 Å². The SMILES string of the molecule is Cc1noc(C)c1NC(=O)Nc1ccc2c(c1)CC(=O)N([C@H](C)CO)C[C@H](C)[C@H](CN(C)C(=O)Nc1ccc(C(F)(F)F)cc1)O2. The van der Waals surface area contributed by atoms with Gasteiger partial charge in [-0.15, -0.1) is 0 Å². The highest BCUT2D eigenvalue weighted by atomic mass is 19.4. The Morgan fingerprint density at radius 3 is 2.39 bits per heavy atom. The predicted molar refractivity (Wildman–Crippen MR) is 164 cm³/mol. The summed E-state index contributed by atoms with van der Waals surface area (Å²) in [7, 11) is 1.52. The van der Waals surface area contributed by atoms with Crippen LogP contribution >= 0.6 is 0 Å². The molecule has 46 heavy (non-hydrogen) atoms. The summed E-state index contributed by atoms with van der Waals surface area (Å²) in [5.41, 5.74) is 1.17. The van der Waals surface area contributed by atoms with Crippen molar-refractivity contribution in [3.05, 3.63) is 65.0 Å². The first-order valence-corrected chi connectivity index (χ1v) is 14.6. The summed E-state index contributed by atoms with van der Waals surface area (Å²) < 4.78 is 50.3. The summed E-state index contributed by atoms with van der Waals surface area (Å²) in [6, 6.07) is 7.35. The zero-order valence-corrected chi connectivity index (χ0v) is 26.1. The first-order chi connectivity index (χ1) is 21.7. The molecule has 1 aliphatic heterocycles. The Hall–Kier alpha value is -4.79. The fraction of sp³-hybridized carbons (Fsp3) is 0.419. The third-order valence-electron chi connectivity index (χ3n) is 7.71. The molecular weight excluding hydrogens is 609 g/mol. The van der Waals surface area contributed by atoms with Crippen LogP contribution in [0.25, 0.3) is 0 Å². The zero-order valence-electron chi connectivity index (χ0n) is 26.1. The number of aliphatic hydroxyl groups excluding tert-OH is 1. The first kappa shape index (κ1) is 34.1. The lowest BCUT2D eigenvalue weighted by atomic mass is 10.0. The molecule has 4 rings (SSSR count). The molecule has 5 amide bonds. The van der Waals surface area contributed by atoms with Gasteiger partial charge in [0.1, 0.15) is 23.2 Å². The van der Waals surface area contributed by atoms with Gasteiger partial charge in [0, 0.05) is 36.4 Å². The molecule has 3 atom stereocenters. The molecule has 3 aromatic rings. The number of halogens is 3. The second-order valence-corrected chi connectivity index (χ2v) is 11.4. The van der Waals surface area contributed by atoms with Crippen LogP contribution in [-0.2, 0) is 17.4 Å². The van der Waals surface area contributed by atoms with Gasteiger partial charge < -0.3 is 40.1 Å². The number of hydrogen-bond donors (Lipinski definition) is 4. The number of aromatic nitrogens is 1. The van der Waals surface area contributed by atoms with E-state index in [2.05, 4.69) is 21.1 Å². The minimum absolute atomic E-state index is 0.0580. The number of rotatable bonds is 7.